The maximum atomic E-state index is 5.63. The van der Waals surface area contributed by atoms with Crippen molar-refractivity contribution in [2.24, 2.45) is 0 Å². The maximum Gasteiger partial charge on any atom is 0.240 e. The number of nitrogens with one attached hydrogen (secondary N) is 1. The molecule has 0 aliphatic rings. The van der Waals surface area contributed by atoms with Gasteiger partial charge in [-0.3, -0.25) is 0 Å². The van der Waals surface area contributed by atoms with Crippen LogP contribution in [0.15, 0.2) is 12.1 Å². The van der Waals surface area contributed by atoms with Crippen molar-refractivity contribution in [3.8, 4) is 5.75 Å². The van der Waals surface area contributed by atoms with Gasteiger partial charge in [0.1, 0.15) is 5.82 Å². The molecule has 18 heavy (non-hydrogen) atoms. The molecule has 0 aliphatic carbocycles. The number of likely N-dealkylation sites (N-methyl/N-ethyl adjacent to an activating group) is 1. The van der Waals surface area contributed by atoms with Gasteiger partial charge in [0.25, 0.3) is 0 Å². The lowest BCUT2D eigenvalue weighted by Crippen LogP contribution is -2.21. The molecule has 2 rings (SSSR count). The van der Waals surface area contributed by atoms with Crippen LogP contribution in [0.1, 0.15) is 0 Å². The second-order valence-electron chi connectivity index (χ2n) is 4.22. The Morgan fingerprint density at radius 3 is 2.89 bits per heavy atom. The number of pyridine rings is 1. The third kappa shape index (κ3) is 2.45. The number of methoxy groups -OCH3 is 1. The molecular formula is C11H18N6O. The highest BCUT2D eigenvalue weighted by molar-refractivity contribution is 5.60. The predicted octanol–water partition coefficient (Wildman–Crippen LogP) is 0.294. The van der Waals surface area contributed by atoms with Crippen LogP contribution in [0.5, 0.6) is 5.75 Å². The molecule has 7 heteroatoms. The number of rotatable bonds is 5. The summed E-state index contributed by atoms with van der Waals surface area (Å²) in [6.45, 7) is 1.74. The summed E-state index contributed by atoms with van der Waals surface area (Å²) in [5, 5.41) is 7.44. The lowest BCUT2D eigenvalue weighted by Gasteiger charge is -2.12. The molecule has 0 aliphatic heterocycles. The molecule has 7 nitrogen and oxygen atoms in total. The van der Waals surface area contributed by atoms with E-state index in [2.05, 4.69) is 20.3 Å². The highest BCUT2D eigenvalue weighted by Gasteiger charge is 2.10. The lowest BCUT2D eigenvalue weighted by molar-refractivity contribution is 0.416. The quantitative estimate of drug-likeness (QED) is 0.794. The second kappa shape index (κ2) is 5.09. The molecule has 0 aromatic carbocycles. The van der Waals surface area contributed by atoms with E-state index < -0.39 is 0 Å². The minimum atomic E-state index is 0.232. The van der Waals surface area contributed by atoms with Crippen LogP contribution >= 0.6 is 0 Å². The summed E-state index contributed by atoms with van der Waals surface area (Å²) in [7, 11) is 5.65. The second-order valence-corrected chi connectivity index (χ2v) is 4.22. The third-order valence-corrected chi connectivity index (χ3v) is 2.55. The number of hydrogen-bond acceptors (Lipinski definition) is 6. The summed E-state index contributed by atoms with van der Waals surface area (Å²) < 4.78 is 6.88. The first-order valence-corrected chi connectivity index (χ1v) is 5.69. The minimum absolute atomic E-state index is 0.232. The average molecular weight is 250 g/mol. The van der Waals surface area contributed by atoms with E-state index >= 15 is 0 Å². The lowest BCUT2D eigenvalue weighted by atomic mass is 10.4. The molecule has 2 heterocycles. The fourth-order valence-electron chi connectivity index (χ4n) is 1.66. The van der Waals surface area contributed by atoms with Crippen molar-refractivity contribution in [3.05, 3.63) is 12.1 Å². The van der Waals surface area contributed by atoms with Crippen molar-refractivity contribution < 1.29 is 4.74 Å². The standard InChI is InChI=1S/C11H18N6O/c1-16(2)7-6-13-9-5-4-8(18-3)10-14-11(12)15-17(9)10/h4-5,13H,6-7H2,1-3H3,(H2,12,15). The molecule has 0 fully saturated rings. The number of ether oxygens (including phenoxy) is 1. The largest absolute Gasteiger partial charge is 0.493 e. The van der Waals surface area contributed by atoms with E-state index in [4.69, 9.17) is 10.5 Å². The van der Waals surface area contributed by atoms with E-state index in [1.165, 1.54) is 0 Å². The predicted molar refractivity (Wildman–Crippen MR) is 71.0 cm³/mol. The SMILES string of the molecule is COc1ccc(NCCN(C)C)n2nc(N)nc12. The number of hydrogen-bond donors (Lipinski definition) is 2. The molecule has 0 atom stereocenters. The van der Waals surface area contributed by atoms with E-state index in [-0.39, 0.29) is 5.95 Å². The van der Waals surface area contributed by atoms with Gasteiger partial charge in [0, 0.05) is 13.1 Å². The number of nitrogens with zero attached hydrogens (tertiary/aromatic N) is 4. The molecule has 0 radical (unpaired) electrons. The molecule has 0 spiro atoms. The van der Waals surface area contributed by atoms with Gasteiger partial charge in [0.15, 0.2) is 5.75 Å². The van der Waals surface area contributed by atoms with E-state index in [0.717, 1.165) is 18.9 Å². The summed E-state index contributed by atoms with van der Waals surface area (Å²) in [5.41, 5.74) is 6.24. The number of nitrogen functional groups attached to an aromatic ring is 1. The van der Waals surface area contributed by atoms with Crippen LogP contribution in [-0.4, -0.2) is 53.8 Å². The average Bonchev–Trinajstić information content (AvgIpc) is 2.70. The molecule has 0 saturated heterocycles. The Balaban J connectivity index is 2.28. The first-order chi connectivity index (χ1) is 8.61. The first-order valence-electron chi connectivity index (χ1n) is 5.69. The van der Waals surface area contributed by atoms with Gasteiger partial charge in [-0.05, 0) is 26.2 Å². The zero-order valence-electron chi connectivity index (χ0n) is 10.8. The van der Waals surface area contributed by atoms with Crippen molar-refractivity contribution in [2.75, 3.05) is 45.3 Å². The topological polar surface area (TPSA) is 80.7 Å². The Hall–Kier alpha value is -2.02. The smallest absolute Gasteiger partial charge is 0.240 e. The Bertz CT molecular complexity index is 536. The monoisotopic (exact) mass is 250 g/mol. The summed E-state index contributed by atoms with van der Waals surface area (Å²) in [6, 6.07) is 3.75. The van der Waals surface area contributed by atoms with Crippen molar-refractivity contribution in [1.82, 2.24) is 19.5 Å². The fourth-order valence-corrected chi connectivity index (χ4v) is 1.66. The summed E-state index contributed by atoms with van der Waals surface area (Å²) in [4.78, 5) is 6.24. The van der Waals surface area contributed by atoms with Gasteiger partial charge >= 0.3 is 0 Å². The van der Waals surface area contributed by atoms with Gasteiger partial charge in [0.05, 0.1) is 7.11 Å². The van der Waals surface area contributed by atoms with Gasteiger partial charge in [0.2, 0.25) is 11.6 Å². The van der Waals surface area contributed by atoms with Crippen molar-refractivity contribution >= 4 is 17.4 Å². The van der Waals surface area contributed by atoms with Crippen molar-refractivity contribution in [1.29, 1.82) is 0 Å². The van der Waals surface area contributed by atoms with Crippen LogP contribution < -0.4 is 15.8 Å². The summed E-state index contributed by atoms with van der Waals surface area (Å²) in [5.74, 6) is 1.73. The van der Waals surface area contributed by atoms with Crippen LogP contribution in [-0.2, 0) is 0 Å². The van der Waals surface area contributed by atoms with Crippen LogP contribution in [0.4, 0.5) is 11.8 Å². The van der Waals surface area contributed by atoms with Crippen LogP contribution in [0.2, 0.25) is 0 Å². The number of nitrogens with two attached hydrogens (primary N) is 1. The molecule has 2 aromatic rings. The summed E-state index contributed by atoms with van der Waals surface area (Å²) in [6.07, 6.45) is 0. The minimum Gasteiger partial charge on any atom is -0.493 e. The van der Waals surface area contributed by atoms with E-state index in [0.29, 0.717) is 11.4 Å². The molecule has 0 unspecified atom stereocenters. The van der Waals surface area contributed by atoms with Gasteiger partial charge in [-0.2, -0.15) is 9.50 Å². The molecule has 0 saturated carbocycles. The molecule has 0 bridgehead atoms. The third-order valence-electron chi connectivity index (χ3n) is 2.55. The van der Waals surface area contributed by atoms with Crippen LogP contribution in [0, 0.1) is 0 Å². The number of anilines is 2. The molecule has 3 N–H and O–H groups in total. The Morgan fingerprint density at radius 1 is 1.44 bits per heavy atom. The van der Waals surface area contributed by atoms with E-state index in [9.17, 15) is 0 Å². The van der Waals surface area contributed by atoms with Crippen molar-refractivity contribution in [2.45, 2.75) is 0 Å². The highest BCUT2D eigenvalue weighted by Crippen LogP contribution is 2.22. The normalized spacial score (nSPS) is 11.1. The molecule has 2 aromatic heterocycles. The Morgan fingerprint density at radius 2 is 2.22 bits per heavy atom. The van der Waals surface area contributed by atoms with E-state index in [1.807, 2.05) is 26.2 Å². The van der Waals surface area contributed by atoms with Gasteiger partial charge < -0.3 is 20.7 Å². The van der Waals surface area contributed by atoms with Crippen LogP contribution in [0.25, 0.3) is 5.65 Å². The molecule has 0 amide bonds. The van der Waals surface area contributed by atoms with Crippen LogP contribution in [0.3, 0.4) is 0 Å². The van der Waals surface area contributed by atoms with Gasteiger partial charge in [-0.1, -0.05) is 0 Å². The highest BCUT2D eigenvalue weighted by atomic mass is 16.5. The first kappa shape index (κ1) is 12.4. The van der Waals surface area contributed by atoms with Crippen molar-refractivity contribution in [3.63, 3.8) is 0 Å². The molecule has 98 valence electrons. The van der Waals surface area contributed by atoms with E-state index in [1.54, 1.807) is 11.6 Å². The Kier molecular flexibility index (Phi) is 3.52. The fraction of sp³-hybridized carbons (Fsp3) is 0.455. The van der Waals surface area contributed by atoms with Gasteiger partial charge in [-0.15, -0.1) is 5.10 Å². The van der Waals surface area contributed by atoms with Gasteiger partial charge in [-0.25, -0.2) is 0 Å². The zero-order chi connectivity index (χ0) is 13.1. The molecular weight excluding hydrogens is 232 g/mol. The number of fused-ring (bicyclic) bond motifs is 1. The number of aromatic nitrogens is 3. The summed E-state index contributed by atoms with van der Waals surface area (Å²) >= 11 is 0. The Labute approximate surface area is 106 Å². The maximum absolute atomic E-state index is 5.63. The zero-order valence-corrected chi connectivity index (χ0v) is 10.8.